The van der Waals surface area contributed by atoms with Crippen LogP contribution in [0.1, 0.15) is 79.0 Å². The number of carbonyl (C=O) groups is 3. The van der Waals surface area contributed by atoms with Crippen LogP contribution in [-0.4, -0.2) is 84.5 Å². The van der Waals surface area contributed by atoms with E-state index in [9.17, 15) is 14.4 Å². The second-order valence-electron chi connectivity index (χ2n) is 10.6. The number of nitrogens with zero attached hydrogens (tertiary/aromatic N) is 4. The molecule has 0 fully saturated rings. The predicted octanol–water partition coefficient (Wildman–Crippen LogP) is 4.28. The lowest BCUT2D eigenvalue weighted by Gasteiger charge is -2.31. The van der Waals surface area contributed by atoms with Gasteiger partial charge in [0.1, 0.15) is 11.8 Å². The minimum Gasteiger partial charge on any atom is -0.493 e. The van der Waals surface area contributed by atoms with Crippen LogP contribution >= 0.6 is 0 Å². The summed E-state index contributed by atoms with van der Waals surface area (Å²) in [5.41, 5.74) is 1.24. The van der Waals surface area contributed by atoms with Crippen molar-refractivity contribution < 1.29 is 23.6 Å². The number of aromatic nitrogens is 1. The van der Waals surface area contributed by atoms with Crippen molar-refractivity contribution in [3.05, 3.63) is 47.3 Å². The van der Waals surface area contributed by atoms with Crippen molar-refractivity contribution in [1.82, 2.24) is 19.9 Å². The highest BCUT2D eigenvalue weighted by Gasteiger charge is 2.31. The van der Waals surface area contributed by atoms with E-state index in [4.69, 9.17) is 9.26 Å². The molecule has 1 aliphatic heterocycles. The highest BCUT2D eigenvalue weighted by atomic mass is 16.5. The molecule has 1 aromatic heterocycles. The maximum absolute atomic E-state index is 13.5. The number of fused-ring (bicyclic) bond motifs is 1. The second-order valence-corrected chi connectivity index (χ2v) is 10.6. The molecule has 0 N–H and O–H groups in total. The lowest BCUT2D eigenvalue weighted by molar-refractivity contribution is -0.134. The fourth-order valence-corrected chi connectivity index (χ4v) is 4.66. The molecule has 1 aromatic carbocycles. The second kappa shape index (κ2) is 14.0. The van der Waals surface area contributed by atoms with Crippen LogP contribution < -0.4 is 4.74 Å². The molecule has 208 valence electrons. The molecule has 0 saturated heterocycles. The van der Waals surface area contributed by atoms with E-state index in [0.717, 1.165) is 31.4 Å². The van der Waals surface area contributed by atoms with Crippen molar-refractivity contribution in [2.75, 3.05) is 40.8 Å². The number of unbranched alkanes of at least 4 members (excludes halogenated alkanes) is 1. The first-order valence-corrected chi connectivity index (χ1v) is 13.6. The molecule has 0 radical (unpaired) electrons. The van der Waals surface area contributed by atoms with E-state index in [-0.39, 0.29) is 23.5 Å². The molecule has 1 aliphatic rings. The number of para-hydroxylation sites is 1. The molecule has 1 atom stereocenters. The first-order valence-electron chi connectivity index (χ1n) is 13.6. The Hall–Kier alpha value is -3.36. The van der Waals surface area contributed by atoms with Crippen LogP contribution in [0.15, 0.2) is 34.9 Å². The molecule has 0 unspecified atom stereocenters. The minimum absolute atomic E-state index is 0.0673. The smallest absolute Gasteiger partial charge is 0.292 e. The molecule has 9 nitrogen and oxygen atoms in total. The zero-order valence-corrected chi connectivity index (χ0v) is 23.4. The van der Waals surface area contributed by atoms with Gasteiger partial charge in [0.05, 0.1) is 17.9 Å². The molecule has 2 aromatic rings. The van der Waals surface area contributed by atoms with E-state index in [0.29, 0.717) is 56.2 Å². The molecule has 0 aliphatic carbocycles. The topological polar surface area (TPSA) is 96.2 Å². The quantitative estimate of drug-likeness (QED) is 0.477. The van der Waals surface area contributed by atoms with Gasteiger partial charge in [0.25, 0.3) is 11.8 Å². The number of likely N-dealkylation sites (N-methyl/N-ethyl adjacent to an activating group) is 2. The van der Waals surface area contributed by atoms with E-state index in [1.54, 1.807) is 54.0 Å². The van der Waals surface area contributed by atoms with Crippen LogP contribution in [0, 0.1) is 5.92 Å². The summed E-state index contributed by atoms with van der Waals surface area (Å²) in [5.74, 6) is 0.695. The number of ether oxygens (including phenoxy) is 1. The Morgan fingerprint density at radius 2 is 1.89 bits per heavy atom. The first-order chi connectivity index (χ1) is 18.2. The summed E-state index contributed by atoms with van der Waals surface area (Å²) in [5, 5.41) is 4.00. The number of hydrogen-bond acceptors (Lipinski definition) is 6. The molecule has 0 saturated carbocycles. The first kappa shape index (κ1) is 29.2. The Bertz CT molecular complexity index is 1080. The van der Waals surface area contributed by atoms with E-state index >= 15 is 0 Å². The van der Waals surface area contributed by atoms with Crippen molar-refractivity contribution in [3.63, 3.8) is 0 Å². The van der Waals surface area contributed by atoms with Gasteiger partial charge in [-0.05, 0) is 63.0 Å². The van der Waals surface area contributed by atoms with Crippen molar-refractivity contribution in [1.29, 1.82) is 0 Å². The normalized spacial score (nSPS) is 17.4. The van der Waals surface area contributed by atoms with Gasteiger partial charge >= 0.3 is 0 Å². The lowest BCUT2D eigenvalue weighted by Crippen LogP contribution is -2.48. The average Bonchev–Trinajstić information content (AvgIpc) is 3.36. The van der Waals surface area contributed by atoms with Gasteiger partial charge in [0.15, 0.2) is 0 Å². The Morgan fingerprint density at radius 1 is 1.13 bits per heavy atom. The van der Waals surface area contributed by atoms with E-state index < -0.39 is 6.04 Å². The Kier molecular flexibility index (Phi) is 10.7. The van der Waals surface area contributed by atoms with Gasteiger partial charge in [0, 0.05) is 40.3 Å². The molecular formula is C29H42N4O5. The maximum Gasteiger partial charge on any atom is 0.292 e. The number of amides is 3. The summed E-state index contributed by atoms with van der Waals surface area (Å²) in [7, 11) is 5.22. The third kappa shape index (κ3) is 7.82. The molecule has 9 heteroatoms. The predicted molar refractivity (Wildman–Crippen MR) is 145 cm³/mol. The molecule has 0 bridgehead atoms. The highest BCUT2D eigenvalue weighted by Crippen LogP contribution is 2.23. The molecule has 38 heavy (non-hydrogen) atoms. The lowest BCUT2D eigenvalue weighted by atomic mass is 10.0. The van der Waals surface area contributed by atoms with Crippen molar-refractivity contribution >= 4 is 17.7 Å². The number of benzene rings is 1. The fraction of sp³-hybridized carbons (Fsp3) is 0.586. The van der Waals surface area contributed by atoms with Crippen LogP contribution in [0.25, 0.3) is 0 Å². The minimum atomic E-state index is -0.602. The van der Waals surface area contributed by atoms with E-state index in [2.05, 4.69) is 19.0 Å². The molecular weight excluding hydrogens is 484 g/mol. The third-order valence-corrected chi connectivity index (χ3v) is 6.92. The maximum atomic E-state index is 13.5. The van der Waals surface area contributed by atoms with E-state index in [1.807, 2.05) is 12.1 Å². The largest absolute Gasteiger partial charge is 0.493 e. The third-order valence-electron chi connectivity index (χ3n) is 6.92. The molecule has 2 heterocycles. The zero-order valence-electron chi connectivity index (χ0n) is 23.4. The van der Waals surface area contributed by atoms with Crippen LogP contribution in [0.4, 0.5) is 0 Å². The summed E-state index contributed by atoms with van der Waals surface area (Å²) in [6.07, 6.45) is 5.30. The van der Waals surface area contributed by atoms with E-state index in [1.165, 1.54) is 0 Å². The van der Waals surface area contributed by atoms with Gasteiger partial charge in [0.2, 0.25) is 11.7 Å². The Labute approximate surface area is 226 Å². The monoisotopic (exact) mass is 526 g/mol. The van der Waals surface area contributed by atoms with Crippen molar-refractivity contribution in [3.8, 4) is 5.75 Å². The summed E-state index contributed by atoms with van der Waals surface area (Å²) >= 11 is 0. The van der Waals surface area contributed by atoms with Crippen LogP contribution in [0.2, 0.25) is 0 Å². The number of rotatable bonds is 8. The van der Waals surface area contributed by atoms with Crippen LogP contribution in [0.3, 0.4) is 0 Å². The van der Waals surface area contributed by atoms with Crippen LogP contribution in [-0.2, 0) is 11.2 Å². The SMILES string of the molecule is CC(C)Cc1cc(C(=O)N(C)CCCC[C@H]2C(=O)N(C)CCCCCOc3ccccc3C(=O)N2C)on1. The standard InChI is InChI=1S/C29H42N4O5/c1-21(2)19-22-20-26(38-30-22)29(36)32(4)17-11-9-14-24-28(35)31(3)16-10-6-12-18-37-25-15-8-7-13-23(25)27(34)33(24)5/h7-8,13,15,20-21,24H,6,9-12,14,16-19H2,1-5H3/t24-/m0/s1. The van der Waals surface area contributed by atoms with Gasteiger partial charge in [-0.2, -0.15) is 0 Å². The van der Waals surface area contributed by atoms with Crippen molar-refractivity contribution in [2.24, 2.45) is 5.92 Å². The average molecular weight is 527 g/mol. The zero-order chi connectivity index (χ0) is 27.7. The Morgan fingerprint density at radius 3 is 2.66 bits per heavy atom. The number of carbonyl (C=O) groups excluding carboxylic acids is 3. The van der Waals surface area contributed by atoms with Gasteiger partial charge in [-0.3, -0.25) is 14.4 Å². The summed E-state index contributed by atoms with van der Waals surface area (Å²) < 4.78 is 11.2. The fourth-order valence-electron chi connectivity index (χ4n) is 4.66. The van der Waals surface area contributed by atoms with Gasteiger partial charge in [-0.25, -0.2) is 0 Å². The molecule has 0 spiro atoms. The molecule has 3 rings (SSSR count). The summed E-state index contributed by atoms with van der Waals surface area (Å²) in [6, 6.07) is 8.31. The summed E-state index contributed by atoms with van der Waals surface area (Å²) in [4.78, 5) is 44.5. The molecule has 3 amide bonds. The summed E-state index contributed by atoms with van der Waals surface area (Å²) in [6.45, 7) is 5.86. The van der Waals surface area contributed by atoms with Gasteiger partial charge in [-0.1, -0.05) is 31.1 Å². The van der Waals surface area contributed by atoms with Gasteiger partial charge in [-0.15, -0.1) is 0 Å². The highest BCUT2D eigenvalue weighted by molar-refractivity contribution is 5.99. The van der Waals surface area contributed by atoms with Gasteiger partial charge < -0.3 is 24.0 Å². The Balaban J connectivity index is 1.64. The van der Waals surface area contributed by atoms with Crippen molar-refractivity contribution in [2.45, 2.75) is 64.8 Å². The number of hydrogen-bond donors (Lipinski definition) is 0. The van der Waals surface area contributed by atoms with Crippen LogP contribution in [0.5, 0.6) is 5.75 Å².